The van der Waals surface area contributed by atoms with Gasteiger partial charge in [0.15, 0.2) is 5.82 Å². The number of anilines is 1. The first-order chi connectivity index (χ1) is 13.6. The van der Waals surface area contributed by atoms with E-state index >= 15 is 0 Å². The van der Waals surface area contributed by atoms with E-state index in [1.54, 1.807) is 36.0 Å². The molecule has 9 nitrogen and oxygen atoms in total. The van der Waals surface area contributed by atoms with Crippen LogP contribution in [0.2, 0.25) is 0 Å². The lowest BCUT2D eigenvalue weighted by molar-refractivity contribution is -0.115. The fourth-order valence-electron chi connectivity index (χ4n) is 3.13. The quantitative estimate of drug-likeness (QED) is 0.656. The summed E-state index contributed by atoms with van der Waals surface area (Å²) in [5, 5.41) is 13.0. The van der Waals surface area contributed by atoms with Gasteiger partial charge in [-0.3, -0.25) is 14.9 Å². The Morgan fingerprint density at radius 2 is 2.04 bits per heavy atom. The summed E-state index contributed by atoms with van der Waals surface area (Å²) in [5.74, 6) is 1.18. The summed E-state index contributed by atoms with van der Waals surface area (Å²) in [5.41, 5.74) is 0.393. The van der Waals surface area contributed by atoms with Crippen LogP contribution in [0.1, 0.15) is 41.9 Å². The Labute approximate surface area is 163 Å². The number of hydrogen-bond acceptors (Lipinski definition) is 6. The number of piperidine rings is 1. The average Bonchev–Trinajstić information content (AvgIpc) is 3.08. The van der Waals surface area contributed by atoms with Crippen LogP contribution in [-0.2, 0) is 11.8 Å². The topological polar surface area (TPSA) is 110 Å². The summed E-state index contributed by atoms with van der Waals surface area (Å²) < 4.78 is 7.01. The largest absolute Gasteiger partial charge is 0.493 e. The zero-order valence-electron chi connectivity index (χ0n) is 16.2. The van der Waals surface area contributed by atoms with Crippen molar-refractivity contribution in [3.63, 3.8) is 0 Å². The molecule has 0 radical (unpaired) electrons. The summed E-state index contributed by atoms with van der Waals surface area (Å²) in [6.45, 7) is 4.02. The number of nitrogens with one attached hydrogen (secondary N) is 3. The zero-order chi connectivity index (χ0) is 19.9. The normalized spacial score (nSPS) is 14.5. The van der Waals surface area contributed by atoms with Crippen LogP contribution in [0.25, 0.3) is 0 Å². The van der Waals surface area contributed by atoms with Crippen molar-refractivity contribution in [1.29, 1.82) is 0 Å². The lowest BCUT2D eigenvalue weighted by Gasteiger charge is -2.19. The van der Waals surface area contributed by atoms with Gasteiger partial charge < -0.3 is 15.4 Å². The molecule has 150 valence electrons. The molecule has 0 aliphatic carbocycles. The van der Waals surface area contributed by atoms with Gasteiger partial charge in [-0.2, -0.15) is 10.1 Å². The van der Waals surface area contributed by atoms with Gasteiger partial charge in [0, 0.05) is 13.0 Å². The summed E-state index contributed by atoms with van der Waals surface area (Å²) in [4.78, 5) is 29.1. The number of carbonyl (C=O) groups is 2. The van der Waals surface area contributed by atoms with Crippen molar-refractivity contribution < 1.29 is 14.3 Å². The lowest BCUT2D eigenvalue weighted by atomic mass is 9.98. The molecule has 0 spiro atoms. The van der Waals surface area contributed by atoms with Crippen LogP contribution in [0.4, 0.5) is 5.95 Å². The van der Waals surface area contributed by atoms with Crippen LogP contribution in [-0.4, -0.2) is 52.8 Å². The van der Waals surface area contributed by atoms with Gasteiger partial charge in [-0.1, -0.05) is 12.1 Å². The van der Waals surface area contributed by atoms with E-state index in [-0.39, 0.29) is 18.4 Å². The van der Waals surface area contributed by atoms with Crippen LogP contribution >= 0.6 is 0 Å². The smallest absolute Gasteiger partial charge is 0.255 e. The molecule has 3 N–H and O–H groups in total. The molecule has 0 unspecified atom stereocenters. The second-order valence-corrected chi connectivity index (χ2v) is 6.60. The molecule has 1 fully saturated rings. The van der Waals surface area contributed by atoms with Crippen molar-refractivity contribution in [2.24, 2.45) is 7.05 Å². The van der Waals surface area contributed by atoms with E-state index in [1.165, 1.54) is 0 Å². The average molecular weight is 386 g/mol. The molecule has 0 bridgehead atoms. The first kappa shape index (κ1) is 19.8. The molecule has 0 atom stereocenters. The highest BCUT2D eigenvalue weighted by Crippen LogP contribution is 2.23. The number of amides is 2. The Morgan fingerprint density at radius 1 is 1.29 bits per heavy atom. The van der Waals surface area contributed by atoms with E-state index in [0.29, 0.717) is 29.8 Å². The van der Waals surface area contributed by atoms with Crippen LogP contribution < -0.4 is 20.7 Å². The van der Waals surface area contributed by atoms with Crippen molar-refractivity contribution in [2.75, 3.05) is 31.6 Å². The summed E-state index contributed by atoms with van der Waals surface area (Å²) in [6.07, 6.45) is 1.96. The third-order valence-corrected chi connectivity index (χ3v) is 4.58. The highest BCUT2D eigenvalue weighted by atomic mass is 16.5. The van der Waals surface area contributed by atoms with E-state index in [4.69, 9.17) is 4.74 Å². The number of aromatic nitrogens is 3. The van der Waals surface area contributed by atoms with E-state index in [2.05, 4.69) is 26.0 Å². The fourth-order valence-corrected chi connectivity index (χ4v) is 3.13. The first-order valence-electron chi connectivity index (χ1n) is 9.50. The third kappa shape index (κ3) is 4.86. The number of para-hydroxylation sites is 1. The van der Waals surface area contributed by atoms with Crippen molar-refractivity contribution in [1.82, 2.24) is 25.4 Å². The van der Waals surface area contributed by atoms with Crippen LogP contribution in [0.3, 0.4) is 0 Å². The standard InChI is InChI=1S/C19H26N6O3/c1-3-28-15-7-5-4-6-14(15)18(27)21-12-16(26)22-19-23-17(24-25(19)2)13-8-10-20-11-9-13/h4-7,13,20H,3,8-12H2,1-2H3,(H,21,27)(H,22,23,24,26). The van der Waals surface area contributed by atoms with E-state index in [0.717, 1.165) is 31.8 Å². The number of hydrogen-bond donors (Lipinski definition) is 3. The molecule has 1 aliphatic rings. The zero-order valence-corrected chi connectivity index (χ0v) is 16.2. The number of ether oxygens (including phenoxy) is 1. The molecule has 0 saturated carbocycles. The Balaban J connectivity index is 1.56. The molecule has 1 aromatic heterocycles. The van der Waals surface area contributed by atoms with Gasteiger partial charge in [-0.05, 0) is 45.0 Å². The molecule has 1 aliphatic heterocycles. The molecule has 3 rings (SSSR count). The molecular formula is C19H26N6O3. The number of benzene rings is 1. The highest BCUT2D eigenvalue weighted by Gasteiger charge is 2.21. The summed E-state index contributed by atoms with van der Waals surface area (Å²) in [6, 6.07) is 6.93. The number of rotatable bonds is 7. The van der Waals surface area contributed by atoms with Crippen molar-refractivity contribution >= 4 is 17.8 Å². The predicted molar refractivity (Wildman–Crippen MR) is 104 cm³/mol. The van der Waals surface area contributed by atoms with Crippen molar-refractivity contribution in [2.45, 2.75) is 25.7 Å². The Hall–Kier alpha value is -2.94. The van der Waals surface area contributed by atoms with Gasteiger partial charge in [0.25, 0.3) is 5.91 Å². The first-order valence-corrected chi connectivity index (χ1v) is 9.50. The van der Waals surface area contributed by atoms with E-state index in [9.17, 15) is 9.59 Å². The van der Waals surface area contributed by atoms with Gasteiger partial charge in [0.1, 0.15) is 5.75 Å². The van der Waals surface area contributed by atoms with Gasteiger partial charge in [-0.15, -0.1) is 0 Å². The van der Waals surface area contributed by atoms with Gasteiger partial charge in [0.2, 0.25) is 11.9 Å². The van der Waals surface area contributed by atoms with Crippen LogP contribution in [0.15, 0.2) is 24.3 Å². The molecule has 28 heavy (non-hydrogen) atoms. The molecule has 2 aromatic rings. The SMILES string of the molecule is CCOc1ccccc1C(=O)NCC(=O)Nc1nc(C2CCNCC2)nn1C. The van der Waals surface area contributed by atoms with Gasteiger partial charge >= 0.3 is 0 Å². The lowest BCUT2D eigenvalue weighted by Crippen LogP contribution is -2.33. The Bertz CT molecular complexity index is 829. The van der Waals surface area contributed by atoms with Crippen molar-refractivity contribution in [3.05, 3.63) is 35.7 Å². The highest BCUT2D eigenvalue weighted by molar-refractivity contribution is 6.00. The maximum Gasteiger partial charge on any atom is 0.255 e. The minimum Gasteiger partial charge on any atom is -0.493 e. The number of aryl methyl sites for hydroxylation is 1. The maximum absolute atomic E-state index is 12.4. The number of nitrogens with zero attached hydrogens (tertiary/aromatic N) is 3. The van der Waals surface area contributed by atoms with Gasteiger partial charge in [0.05, 0.1) is 18.7 Å². The summed E-state index contributed by atoms with van der Waals surface area (Å²) in [7, 11) is 1.74. The predicted octanol–water partition coefficient (Wildman–Crippen LogP) is 1.05. The van der Waals surface area contributed by atoms with E-state index < -0.39 is 0 Å². The van der Waals surface area contributed by atoms with Crippen molar-refractivity contribution in [3.8, 4) is 5.75 Å². The molecule has 2 amide bonds. The fraction of sp³-hybridized carbons (Fsp3) is 0.474. The van der Waals surface area contributed by atoms with Gasteiger partial charge in [-0.25, -0.2) is 4.68 Å². The minimum absolute atomic E-state index is 0.172. The molecule has 1 saturated heterocycles. The molecule has 9 heteroatoms. The van der Waals surface area contributed by atoms with E-state index in [1.807, 2.05) is 6.92 Å². The summed E-state index contributed by atoms with van der Waals surface area (Å²) >= 11 is 0. The monoisotopic (exact) mass is 386 g/mol. The third-order valence-electron chi connectivity index (χ3n) is 4.58. The molecular weight excluding hydrogens is 360 g/mol. The second kappa shape index (κ2) is 9.32. The Kier molecular flexibility index (Phi) is 6.59. The minimum atomic E-state index is -0.368. The number of carbonyl (C=O) groups excluding carboxylic acids is 2. The molecule has 2 heterocycles. The van der Waals surface area contributed by atoms with Crippen LogP contribution in [0.5, 0.6) is 5.75 Å². The Morgan fingerprint density at radius 3 is 2.79 bits per heavy atom. The molecule has 1 aromatic carbocycles. The maximum atomic E-state index is 12.4. The van der Waals surface area contributed by atoms with Crippen LogP contribution in [0, 0.1) is 0 Å². The second-order valence-electron chi connectivity index (χ2n) is 6.60.